The molecule has 0 aromatic heterocycles. The summed E-state index contributed by atoms with van der Waals surface area (Å²) in [6.45, 7) is 0. The Balaban J connectivity index is 1.77. The summed E-state index contributed by atoms with van der Waals surface area (Å²) in [7, 11) is 0. The van der Waals surface area contributed by atoms with Crippen molar-refractivity contribution in [1.29, 1.82) is 0 Å². The van der Waals surface area contributed by atoms with Gasteiger partial charge >= 0.3 is 0 Å². The Morgan fingerprint density at radius 3 is 2.52 bits per heavy atom. The molecule has 2 N–H and O–H groups in total. The molecule has 0 spiro atoms. The van der Waals surface area contributed by atoms with Crippen LogP contribution in [0.25, 0.3) is 0 Å². The number of nitro groups is 1. The lowest BCUT2D eigenvalue weighted by atomic mass is 10.0. The second kappa shape index (κ2) is 8.37. The van der Waals surface area contributed by atoms with Gasteiger partial charge < -0.3 is 10.6 Å². The molecule has 9 heteroatoms. The van der Waals surface area contributed by atoms with Crippen molar-refractivity contribution in [3.63, 3.8) is 0 Å². The lowest BCUT2D eigenvalue weighted by Crippen LogP contribution is -2.42. The minimum atomic E-state index is -1.31. The first-order valence-electron chi connectivity index (χ1n) is 9.22. The SMILES string of the molecule is O=C(NC1N=C(c2ccccc2)c2cc(Cl)ccc2NC1=O)c1ccccc1[N+](=O)[O-]. The number of nitrogens with zero attached hydrogens (tertiary/aromatic N) is 2. The fourth-order valence-corrected chi connectivity index (χ4v) is 3.40. The Kier molecular flexibility index (Phi) is 5.46. The molecule has 0 bridgehead atoms. The average molecular weight is 435 g/mol. The van der Waals surface area contributed by atoms with Crippen LogP contribution in [0.4, 0.5) is 11.4 Å². The number of halogens is 1. The lowest BCUT2D eigenvalue weighted by molar-refractivity contribution is -0.385. The molecular formula is C22H15ClN4O4. The second-order valence-electron chi connectivity index (χ2n) is 6.67. The number of amides is 2. The van der Waals surface area contributed by atoms with Gasteiger partial charge in [0.25, 0.3) is 17.5 Å². The van der Waals surface area contributed by atoms with Gasteiger partial charge in [-0.15, -0.1) is 0 Å². The molecule has 0 saturated heterocycles. The minimum absolute atomic E-state index is 0.165. The Bertz CT molecular complexity index is 1230. The summed E-state index contributed by atoms with van der Waals surface area (Å²) < 4.78 is 0. The molecular weight excluding hydrogens is 420 g/mol. The molecule has 0 aliphatic carbocycles. The molecule has 3 aromatic rings. The lowest BCUT2D eigenvalue weighted by Gasteiger charge is -2.13. The van der Waals surface area contributed by atoms with E-state index >= 15 is 0 Å². The van der Waals surface area contributed by atoms with Gasteiger partial charge in [-0.2, -0.15) is 0 Å². The third kappa shape index (κ3) is 4.15. The molecule has 31 heavy (non-hydrogen) atoms. The van der Waals surface area contributed by atoms with Crippen LogP contribution in [0.2, 0.25) is 5.02 Å². The van der Waals surface area contributed by atoms with Gasteiger partial charge in [0.05, 0.1) is 16.3 Å². The van der Waals surface area contributed by atoms with Crippen LogP contribution in [0.5, 0.6) is 0 Å². The Morgan fingerprint density at radius 1 is 1.06 bits per heavy atom. The van der Waals surface area contributed by atoms with Gasteiger partial charge in [0.2, 0.25) is 6.17 Å². The molecule has 0 saturated carbocycles. The van der Waals surface area contributed by atoms with Gasteiger partial charge in [0.15, 0.2) is 0 Å². The highest BCUT2D eigenvalue weighted by Gasteiger charge is 2.29. The first kappa shape index (κ1) is 20.2. The average Bonchev–Trinajstić information content (AvgIpc) is 2.90. The molecule has 2 amide bonds. The molecule has 1 unspecified atom stereocenters. The number of fused-ring (bicyclic) bond motifs is 1. The number of hydrogen-bond acceptors (Lipinski definition) is 5. The van der Waals surface area contributed by atoms with Crippen molar-refractivity contribution in [2.75, 3.05) is 5.32 Å². The summed E-state index contributed by atoms with van der Waals surface area (Å²) in [5, 5.41) is 16.9. The molecule has 4 rings (SSSR count). The summed E-state index contributed by atoms with van der Waals surface area (Å²) in [6, 6.07) is 19.6. The van der Waals surface area contributed by atoms with Crippen LogP contribution < -0.4 is 10.6 Å². The zero-order valence-electron chi connectivity index (χ0n) is 15.9. The smallest absolute Gasteiger partial charge is 0.282 e. The molecule has 1 heterocycles. The highest BCUT2D eigenvalue weighted by Crippen LogP contribution is 2.27. The fourth-order valence-electron chi connectivity index (χ4n) is 3.23. The number of carbonyl (C=O) groups excluding carboxylic acids is 2. The van der Waals surface area contributed by atoms with E-state index in [4.69, 9.17) is 11.6 Å². The van der Waals surface area contributed by atoms with Gasteiger partial charge in [0, 0.05) is 22.2 Å². The number of benzene rings is 3. The van der Waals surface area contributed by atoms with Crippen LogP contribution in [0.1, 0.15) is 21.5 Å². The van der Waals surface area contributed by atoms with Crippen molar-refractivity contribution in [1.82, 2.24) is 5.32 Å². The standard InChI is InChI=1S/C22H15ClN4O4/c23-14-10-11-17-16(12-14)19(13-6-2-1-3-7-13)25-20(22(29)24-17)26-21(28)15-8-4-5-9-18(15)27(30)31/h1-12,20H,(H,24,29)(H,26,28). The Morgan fingerprint density at radius 2 is 1.77 bits per heavy atom. The molecule has 1 atom stereocenters. The predicted molar refractivity (Wildman–Crippen MR) is 117 cm³/mol. The van der Waals surface area contributed by atoms with Crippen molar-refractivity contribution in [3.05, 3.63) is 105 Å². The van der Waals surface area contributed by atoms with Crippen molar-refractivity contribution >= 4 is 40.5 Å². The normalized spacial score (nSPS) is 15.2. The first-order chi connectivity index (χ1) is 14.9. The number of anilines is 1. The molecule has 8 nitrogen and oxygen atoms in total. The largest absolute Gasteiger partial charge is 0.322 e. The quantitative estimate of drug-likeness (QED) is 0.480. The minimum Gasteiger partial charge on any atom is -0.322 e. The van der Waals surface area contributed by atoms with Crippen LogP contribution in [0.15, 0.2) is 77.8 Å². The molecule has 0 fully saturated rings. The first-order valence-corrected chi connectivity index (χ1v) is 9.60. The zero-order chi connectivity index (χ0) is 22.0. The number of nitro benzene ring substituents is 1. The molecule has 1 aliphatic heterocycles. The number of benzodiazepines with no additional fused rings is 1. The van der Waals surface area contributed by atoms with E-state index in [2.05, 4.69) is 15.6 Å². The summed E-state index contributed by atoms with van der Waals surface area (Å²) in [5.74, 6) is -1.37. The highest BCUT2D eigenvalue weighted by molar-refractivity contribution is 6.32. The Hall–Kier alpha value is -4.04. The van der Waals surface area contributed by atoms with Crippen molar-refractivity contribution in [2.24, 2.45) is 4.99 Å². The molecule has 3 aromatic carbocycles. The second-order valence-corrected chi connectivity index (χ2v) is 7.11. The van der Waals surface area contributed by atoms with Crippen LogP contribution in [0, 0.1) is 10.1 Å². The topological polar surface area (TPSA) is 114 Å². The third-order valence-corrected chi connectivity index (χ3v) is 4.90. The number of hydrogen-bond donors (Lipinski definition) is 2. The maximum absolute atomic E-state index is 12.8. The van der Waals surface area contributed by atoms with E-state index in [1.165, 1.54) is 24.3 Å². The summed E-state index contributed by atoms with van der Waals surface area (Å²) in [6.07, 6.45) is -1.31. The summed E-state index contributed by atoms with van der Waals surface area (Å²) in [4.78, 5) is 40.7. The third-order valence-electron chi connectivity index (χ3n) is 4.66. The highest BCUT2D eigenvalue weighted by atomic mass is 35.5. The van der Waals surface area contributed by atoms with Crippen LogP contribution in [-0.4, -0.2) is 28.6 Å². The van der Waals surface area contributed by atoms with Crippen molar-refractivity contribution in [2.45, 2.75) is 6.17 Å². The van der Waals surface area contributed by atoms with Crippen molar-refractivity contribution < 1.29 is 14.5 Å². The predicted octanol–water partition coefficient (Wildman–Crippen LogP) is 3.79. The van der Waals surface area contributed by atoms with E-state index < -0.39 is 22.9 Å². The van der Waals surface area contributed by atoms with E-state index in [-0.39, 0.29) is 11.3 Å². The number of nitrogens with one attached hydrogen (secondary N) is 2. The van der Waals surface area contributed by atoms with E-state index in [0.29, 0.717) is 27.5 Å². The van der Waals surface area contributed by atoms with Gasteiger partial charge in [0.1, 0.15) is 5.56 Å². The number of rotatable bonds is 4. The van der Waals surface area contributed by atoms with E-state index in [1.54, 1.807) is 18.2 Å². The molecule has 1 aliphatic rings. The van der Waals surface area contributed by atoms with Gasteiger partial charge in [-0.25, -0.2) is 4.99 Å². The summed E-state index contributed by atoms with van der Waals surface area (Å²) in [5.41, 5.74) is 1.71. The zero-order valence-corrected chi connectivity index (χ0v) is 16.7. The Labute approximate surface area is 181 Å². The number of para-hydroxylation sites is 1. The summed E-state index contributed by atoms with van der Waals surface area (Å²) >= 11 is 6.17. The number of carbonyl (C=O) groups is 2. The molecule has 0 radical (unpaired) electrons. The monoisotopic (exact) mass is 434 g/mol. The van der Waals surface area contributed by atoms with Crippen molar-refractivity contribution in [3.8, 4) is 0 Å². The van der Waals surface area contributed by atoms with E-state index in [9.17, 15) is 19.7 Å². The number of aliphatic imine (C=N–C) groups is 1. The maximum Gasteiger partial charge on any atom is 0.282 e. The van der Waals surface area contributed by atoms with E-state index in [0.717, 1.165) is 0 Å². The maximum atomic E-state index is 12.8. The van der Waals surface area contributed by atoms with Gasteiger partial charge in [-0.3, -0.25) is 19.7 Å². The van der Waals surface area contributed by atoms with Gasteiger partial charge in [-0.05, 0) is 24.3 Å². The van der Waals surface area contributed by atoms with E-state index in [1.807, 2.05) is 30.3 Å². The fraction of sp³-hybridized carbons (Fsp3) is 0.0455. The molecule has 154 valence electrons. The van der Waals surface area contributed by atoms with Gasteiger partial charge in [-0.1, -0.05) is 54.1 Å². The van der Waals surface area contributed by atoms with Crippen LogP contribution in [0.3, 0.4) is 0 Å². The van der Waals surface area contributed by atoms with Crippen LogP contribution >= 0.6 is 11.6 Å². The van der Waals surface area contributed by atoms with Crippen LogP contribution in [-0.2, 0) is 4.79 Å².